The smallest absolute Gasteiger partial charge is 0.238 e. The summed E-state index contributed by atoms with van der Waals surface area (Å²) in [7, 11) is 0. The number of hydrogen-bond acceptors (Lipinski definition) is 3. The second-order valence-electron chi connectivity index (χ2n) is 6.12. The Morgan fingerprint density at radius 2 is 1.46 bits per heavy atom. The average Bonchev–Trinajstić information content (AvgIpc) is 2.65. The van der Waals surface area contributed by atoms with Crippen molar-refractivity contribution in [1.82, 2.24) is 4.90 Å². The van der Waals surface area contributed by atoms with Gasteiger partial charge in [0.2, 0.25) is 11.8 Å². The summed E-state index contributed by atoms with van der Waals surface area (Å²) in [6.45, 7) is 6.09. The number of aryl methyl sites for hydroxylation is 1. The van der Waals surface area contributed by atoms with E-state index in [1.54, 1.807) is 6.07 Å². The third-order valence-corrected chi connectivity index (χ3v) is 4.18. The zero-order valence-corrected chi connectivity index (χ0v) is 15.5. The van der Waals surface area contributed by atoms with Gasteiger partial charge in [-0.25, -0.2) is 0 Å². The number of anilines is 2. The fourth-order valence-corrected chi connectivity index (χ4v) is 2.65. The molecule has 0 aromatic heterocycles. The Balaban J connectivity index is 1.86. The Bertz CT molecular complexity index is 712. The highest BCUT2D eigenvalue weighted by Gasteiger charge is 2.08. The summed E-state index contributed by atoms with van der Waals surface area (Å²) >= 11 is 0. The molecule has 2 amide bonds. The summed E-state index contributed by atoms with van der Waals surface area (Å²) in [4.78, 5) is 26.3. The van der Waals surface area contributed by atoms with E-state index in [1.807, 2.05) is 67.3 Å². The van der Waals surface area contributed by atoms with Gasteiger partial charge < -0.3 is 10.6 Å². The molecule has 0 saturated heterocycles. The molecular formula is C21H27N3O2. The molecule has 2 rings (SSSR count). The molecule has 0 heterocycles. The van der Waals surface area contributed by atoms with Crippen LogP contribution < -0.4 is 10.6 Å². The number of hydrogen-bond donors (Lipinski definition) is 2. The maximum Gasteiger partial charge on any atom is 0.238 e. The number of nitrogens with zero attached hydrogens (tertiary/aromatic N) is 1. The van der Waals surface area contributed by atoms with E-state index in [2.05, 4.69) is 10.6 Å². The number of benzene rings is 2. The summed E-state index contributed by atoms with van der Waals surface area (Å²) in [5.74, 6) is -0.0956. The number of likely N-dealkylation sites (N-methyl/N-ethyl adjacent to an activating group) is 1. The molecule has 0 spiro atoms. The maximum atomic E-state index is 12.1. The van der Waals surface area contributed by atoms with E-state index in [9.17, 15) is 9.59 Å². The lowest BCUT2D eigenvalue weighted by atomic mass is 10.1. The first kappa shape index (κ1) is 19.7. The molecular weight excluding hydrogens is 326 g/mol. The average molecular weight is 353 g/mol. The predicted octanol–water partition coefficient (Wildman–Crippen LogP) is 3.54. The fourth-order valence-electron chi connectivity index (χ4n) is 2.65. The molecule has 5 nitrogen and oxygen atoms in total. The first-order chi connectivity index (χ1) is 12.6. The highest BCUT2D eigenvalue weighted by molar-refractivity contribution is 5.94. The number of carbonyl (C=O) groups excluding carboxylic acids is 2. The predicted molar refractivity (Wildman–Crippen MR) is 106 cm³/mol. The van der Waals surface area contributed by atoms with Crippen molar-refractivity contribution in [3.05, 3.63) is 60.2 Å². The van der Waals surface area contributed by atoms with E-state index in [0.29, 0.717) is 30.8 Å². The van der Waals surface area contributed by atoms with Crippen LogP contribution in [0, 0.1) is 0 Å². The molecule has 0 aliphatic rings. The number of carbonyl (C=O) groups is 2. The normalized spacial score (nSPS) is 10.6. The second kappa shape index (κ2) is 10.4. The second-order valence-corrected chi connectivity index (χ2v) is 6.12. The van der Waals surface area contributed by atoms with Gasteiger partial charge in [-0.15, -0.1) is 0 Å². The van der Waals surface area contributed by atoms with Crippen LogP contribution in [0.25, 0.3) is 0 Å². The quantitative estimate of drug-likeness (QED) is 0.725. The van der Waals surface area contributed by atoms with Gasteiger partial charge in [0, 0.05) is 17.8 Å². The first-order valence-electron chi connectivity index (χ1n) is 9.06. The minimum absolute atomic E-state index is 0.0412. The molecule has 0 fully saturated rings. The van der Waals surface area contributed by atoms with Crippen LogP contribution in [0.3, 0.4) is 0 Å². The van der Waals surface area contributed by atoms with Gasteiger partial charge in [-0.3, -0.25) is 14.5 Å². The van der Waals surface area contributed by atoms with E-state index in [-0.39, 0.29) is 11.8 Å². The molecule has 0 aliphatic carbocycles. The van der Waals surface area contributed by atoms with E-state index in [1.165, 1.54) is 0 Å². The summed E-state index contributed by atoms with van der Waals surface area (Å²) in [6.07, 6.45) is 1.12. The molecule has 0 aliphatic heterocycles. The van der Waals surface area contributed by atoms with Crippen molar-refractivity contribution < 1.29 is 9.59 Å². The SMILES string of the molecule is CCN(CC)CC(=O)Nc1cccc(NC(=O)CCc2ccccc2)c1. The lowest BCUT2D eigenvalue weighted by Crippen LogP contribution is -2.32. The van der Waals surface area contributed by atoms with E-state index >= 15 is 0 Å². The minimum atomic E-state index is -0.0544. The van der Waals surface area contributed by atoms with Crippen molar-refractivity contribution in [2.24, 2.45) is 0 Å². The van der Waals surface area contributed by atoms with Crippen LogP contribution in [0.5, 0.6) is 0 Å². The third-order valence-electron chi connectivity index (χ3n) is 4.18. The van der Waals surface area contributed by atoms with Crippen LogP contribution >= 0.6 is 0 Å². The molecule has 2 aromatic rings. The summed E-state index contributed by atoms with van der Waals surface area (Å²) in [5.41, 5.74) is 2.51. The van der Waals surface area contributed by atoms with Crippen LogP contribution in [0.2, 0.25) is 0 Å². The van der Waals surface area contributed by atoms with Crippen LogP contribution in [0.15, 0.2) is 54.6 Å². The molecule has 0 saturated carbocycles. The molecule has 0 atom stereocenters. The van der Waals surface area contributed by atoms with Gasteiger partial charge >= 0.3 is 0 Å². The zero-order chi connectivity index (χ0) is 18.8. The van der Waals surface area contributed by atoms with Crippen molar-refractivity contribution >= 4 is 23.2 Å². The molecule has 2 aromatic carbocycles. The summed E-state index contributed by atoms with van der Waals surface area (Å²) in [6, 6.07) is 17.2. The van der Waals surface area contributed by atoms with E-state index < -0.39 is 0 Å². The van der Waals surface area contributed by atoms with Gasteiger partial charge in [0.25, 0.3) is 0 Å². The maximum absolute atomic E-state index is 12.1. The fraction of sp³-hybridized carbons (Fsp3) is 0.333. The zero-order valence-electron chi connectivity index (χ0n) is 15.5. The van der Waals surface area contributed by atoms with Gasteiger partial charge in [-0.2, -0.15) is 0 Å². The molecule has 26 heavy (non-hydrogen) atoms. The molecule has 5 heteroatoms. The number of nitrogens with one attached hydrogen (secondary N) is 2. The standard InChI is InChI=1S/C21H27N3O2/c1-3-24(4-2)16-21(26)23-19-12-8-11-18(15-19)22-20(25)14-13-17-9-6-5-7-10-17/h5-12,15H,3-4,13-14,16H2,1-2H3,(H,22,25)(H,23,26). The van der Waals surface area contributed by atoms with Crippen LogP contribution in [-0.4, -0.2) is 36.3 Å². The largest absolute Gasteiger partial charge is 0.326 e. The summed E-state index contributed by atoms with van der Waals surface area (Å²) in [5, 5.41) is 5.77. The Hall–Kier alpha value is -2.66. The van der Waals surface area contributed by atoms with Gasteiger partial charge in [0.05, 0.1) is 6.54 Å². The van der Waals surface area contributed by atoms with Crippen LogP contribution in [-0.2, 0) is 16.0 Å². The molecule has 0 unspecified atom stereocenters. The van der Waals surface area contributed by atoms with Crippen molar-refractivity contribution in [2.75, 3.05) is 30.3 Å². The molecule has 0 radical (unpaired) electrons. The summed E-state index contributed by atoms with van der Waals surface area (Å²) < 4.78 is 0. The van der Waals surface area contributed by atoms with E-state index in [0.717, 1.165) is 18.7 Å². The third kappa shape index (κ3) is 6.69. The van der Waals surface area contributed by atoms with Crippen molar-refractivity contribution in [3.63, 3.8) is 0 Å². The van der Waals surface area contributed by atoms with E-state index in [4.69, 9.17) is 0 Å². The van der Waals surface area contributed by atoms with Gasteiger partial charge in [0.15, 0.2) is 0 Å². The van der Waals surface area contributed by atoms with Gasteiger partial charge in [-0.05, 0) is 43.3 Å². The lowest BCUT2D eigenvalue weighted by molar-refractivity contribution is -0.117. The highest BCUT2D eigenvalue weighted by atomic mass is 16.2. The number of amides is 2. The van der Waals surface area contributed by atoms with Crippen molar-refractivity contribution in [2.45, 2.75) is 26.7 Å². The first-order valence-corrected chi connectivity index (χ1v) is 9.06. The van der Waals surface area contributed by atoms with Crippen LogP contribution in [0.1, 0.15) is 25.8 Å². The Kier molecular flexibility index (Phi) is 7.83. The Morgan fingerprint density at radius 1 is 0.846 bits per heavy atom. The van der Waals surface area contributed by atoms with Crippen molar-refractivity contribution in [3.8, 4) is 0 Å². The van der Waals surface area contributed by atoms with Gasteiger partial charge in [-0.1, -0.05) is 50.2 Å². The Morgan fingerprint density at radius 3 is 2.08 bits per heavy atom. The van der Waals surface area contributed by atoms with Crippen molar-refractivity contribution in [1.29, 1.82) is 0 Å². The number of rotatable bonds is 9. The van der Waals surface area contributed by atoms with Crippen LogP contribution in [0.4, 0.5) is 11.4 Å². The molecule has 2 N–H and O–H groups in total. The monoisotopic (exact) mass is 353 g/mol. The topological polar surface area (TPSA) is 61.4 Å². The molecule has 138 valence electrons. The molecule has 0 bridgehead atoms. The minimum Gasteiger partial charge on any atom is -0.326 e. The Labute approximate surface area is 155 Å². The lowest BCUT2D eigenvalue weighted by Gasteiger charge is -2.17. The highest BCUT2D eigenvalue weighted by Crippen LogP contribution is 2.16. The van der Waals surface area contributed by atoms with Gasteiger partial charge in [0.1, 0.15) is 0 Å².